The highest BCUT2D eigenvalue weighted by molar-refractivity contribution is 9.10. The standard InChI is InChI=1S/C18H16BrNO/c1-17(2)14-5-3-4-6-15(14)20-18(17)10-9-12-11-13(19)7-8-16(12)21-18/h3-11,20H,1-2H3. The third-order valence-electron chi connectivity index (χ3n) is 4.59. The zero-order valence-electron chi connectivity index (χ0n) is 12.0. The fourth-order valence-corrected chi connectivity index (χ4v) is 3.63. The number of fused-ring (bicyclic) bond motifs is 2. The Balaban J connectivity index is 1.84. The Morgan fingerprint density at radius 2 is 1.90 bits per heavy atom. The van der Waals surface area contributed by atoms with Crippen LogP contribution >= 0.6 is 15.9 Å². The van der Waals surface area contributed by atoms with Crippen LogP contribution in [0.5, 0.6) is 5.75 Å². The van der Waals surface area contributed by atoms with Crippen LogP contribution in [0, 0.1) is 0 Å². The van der Waals surface area contributed by atoms with E-state index in [9.17, 15) is 0 Å². The highest BCUT2D eigenvalue weighted by Crippen LogP contribution is 2.50. The van der Waals surface area contributed by atoms with Crippen molar-refractivity contribution in [2.24, 2.45) is 0 Å². The van der Waals surface area contributed by atoms with Gasteiger partial charge >= 0.3 is 0 Å². The molecule has 2 aromatic rings. The molecule has 3 heteroatoms. The predicted octanol–water partition coefficient (Wildman–Crippen LogP) is 4.95. The van der Waals surface area contributed by atoms with Crippen molar-refractivity contribution in [1.29, 1.82) is 0 Å². The summed E-state index contributed by atoms with van der Waals surface area (Å²) in [5, 5.41) is 3.57. The van der Waals surface area contributed by atoms with Gasteiger partial charge in [0.2, 0.25) is 5.72 Å². The van der Waals surface area contributed by atoms with Crippen molar-refractivity contribution in [1.82, 2.24) is 0 Å². The zero-order chi connectivity index (χ0) is 14.7. The number of para-hydroxylation sites is 1. The van der Waals surface area contributed by atoms with Gasteiger partial charge in [-0.05, 0) is 55.8 Å². The van der Waals surface area contributed by atoms with E-state index >= 15 is 0 Å². The lowest BCUT2D eigenvalue weighted by atomic mass is 9.76. The van der Waals surface area contributed by atoms with Crippen molar-refractivity contribution in [3.05, 3.63) is 64.1 Å². The number of hydrogen-bond acceptors (Lipinski definition) is 2. The average molecular weight is 342 g/mol. The summed E-state index contributed by atoms with van der Waals surface area (Å²) in [5.41, 5.74) is 2.86. The van der Waals surface area contributed by atoms with E-state index in [4.69, 9.17) is 4.74 Å². The van der Waals surface area contributed by atoms with Gasteiger partial charge in [0, 0.05) is 15.7 Å². The van der Waals surface area contributed by atoms with Gasteiger partial charge in [-0.25, -0.2) is 0 Å². The molecule has 0 radical (unpaired) electrons. The average Bonchev–Trinajstić information content (AvgIpc) is 2.68. The zero-order valence-corrected chi connectivity index (χ0v) is 13.6. The number of ether oxygens (including phenoxy) is 1. The van der Waals surface area contributed by atoms with E-state index < -0.39 is 5.72 Å². The lowest BCUT2D eigenvalue weighted by Crippen LogP contribution is -2.53. The quantitative estimate of drug-likeness (QED) is 0.731. The van der Waals surface area contributed by atoms with Crippen LogP contribution in [0.4, 0.5) is 5.69 Å². The normalized spacial score (nSPS) is 24.1. The summed E-state index contributed by atoms with van der Waals surface area (Å²) in [4.78, 5) is 0. The third-order valence-corrected chi connectivity index (χ3v) is 5.08. The Kier molecular flexibility index (Phi) is 2.55. The summed E-state index contributed by atoms with van der Waals surface area (Å²) in [6, 6.07) is 14.5. The smallest absolute Gasteiger partial charge is 0.209 e. The number of hydrogen-bond donors (Lipinski definition) is 1. The summed E-state index contributed by atoms with van der Waals surface area (Å²) in [6.07, 6.45) is 4.28. The van der Waals surface area contributed by atoms with Gasteiger partial charge in [0.1, 0.15) is 5.75 Å². The van der Waals surface area contributed by atoms with Crippen LogP contribution in [0.15, 0.2) is 53.0 Å². The second-order valence-electron chi connectivity index (χ2n) is 6.15. The van der Waals surface area contributed by atoms with Crippen molar-refractivity contribution in [3.63, 3.8) is 0 Å². The van der Waals surface area contributed by atoms with Crippen LogP contribution in [-0.2, 0) is 5.41 Å². The molecule has 2 heterocycles. The van der Waals surface area contributed by atoms with E-state index in [1.54, 1.807) is 0 Å². The minimum absolute atomic E-state index is 0.148. The molecule has 2 aliphatic rings. The SMILES string of the molecule is CC1(C)c2ccccc2NC12C=Cc1cc(Br)ccc1O2. The Morgan fingerprint density at radius 1 is 1.10 bits per heavy atom. The number of halogens is 1. The van der Waals surface area contributed by atoms with E-state index in [0.717, 1.165) is 21.5 Å². The maximum Gasteiger partial charge on any atom is 0.209 e. The maximum atomic E-state index is 6.41. The van der Waals surface area contributed by atoms with Crippen LogP contribution in [0.25, 0.3) is 6.08 Å². The van der Waals surface area contributed by atoms with Gasteiger partial charge in [0.25, 0.3) is 0 Å². The number of anilines is 1. The van der Waals surface area contributed by atoms with Crippen LogP contribution in [-0.4, -0.2) is 5.72 Å². The van der Waals surface area contributed by atoms with Crippen molar-refractivity contribution < 1.29 is 4.74 Å². The van der Waals surface area contributed by atoms with Crippen LogP contribution < -0.4 is 10.1 Å². The molecule has 0 bridgehead atoms. The van der Waals surface area contributed by atoms with Gasteiger partial charge in [-0.2, -0.15) is 0 Å². The number of nitrogens with one attached hydrogen (secondary N) is 1. The summed E-state index contributed by atoms with van der Waals surface area (Å²) >= 11 is 3.51. The lowest BCUT2D eigenvalue weighted by Gasteiger charge is -2.41. The molecule has 2 aromatic carbocycles. The van der Waals surface area contributed by atoms with Crippen molar-refractivity contribution >= 4 is 27.7 Å². The third kappa shape index (κ3) is 1.70. The molecule has 0 aromatic heterocycles. The summed E-state index contributed by atoms with van der Waals surface area (Å²) in [5.74, 6) is 0.911. The minimum Gasteiger partial charge on any atom is -0.463 e. The van der Waals surface area contributed by atoms with Crippen LogP contribution in [0.3, 0.4) is 0 Å². The Bertz CT molecular complexity index is 766. The molecule has 1 spiro atoms. The first-order valence-electron chi connectivity index (χ1n) is 7.07. The molecule has 0 saturated heterocycles. The molecule has 2 nitrogen and oxygen atoms in total. The predicted molar refractivity (Wildman–Crippen MR) is 89.6 cm³/mol. The molecule has 1 N–H and O–H groups in total. The van der Waals surface area contributed by atoms with E-state index in [1.165, 1.54) is 5.56 Å². The highest BCUT2D eigenvalue weighted by atomic mass is 79.9. The summed E-state index contributed by atoms with van der Waals surface area (Å²) < 4.78 is 7.48. The molecule has 0 fully saturated rings. The van der Waals surface area contributed by atoms with Gasteiger partial charge in [-0.3, -0.25) is 0 Å². The van der Waals surface area contributed by atoms with E-state index in [0.29, 0.717) is 0 Å². The molecule has 106 valence electrons. The first-order valence-corrected chi connectivity index (χ1v) is 7.87. The Labute approximate surface area is 133 Å². The van der Waals surface area contributed by atoms with Gasteiger partial charge in [0.15, 0.2) is 0 Å². The van der Waals surface area contributed by atoms with Crippen molar-refractivity contribution in [2.45, 2.75) is 25.0 Å². The Morgan fingerprint density at radius 3 is 2.71 bits per heavy atom. The van der Waals surface area contributed by atoms with Crippen LogP contribution in [0.2, 0.25) is 0 Å². The molecular weight excluding hydrogens is 326 g/mol. The van der Waals surface area contributed by atoms with E-state index in [-0.39, 0.29) is 5.41 Å². The number of rotatable bonds is 0. The first-order chi connectivity index (χ1) is 10.0. The fourth-order valence-electron chi connectivity index (χ4n) is 3.25. The second kappa shape index (κ2) is 4.14. The van der Waals surface area contributed by atoms with Gasteiger partial charge < -0.3 is 10.1 Å². The molecule has 1 atom stereocenters. The monoisotopic (exact) mass is 341 g/mol. The van der Waals surface area contributed by atoms with Crippen molar-refractivity contribution in [2.75, 3.05) is 5.32 Å². The van der Waals surface area contributed by atoms with E-state index in [1.807, 2.05) is 12.1 Å². The van der Waals surface area contributed by atoms with Gasteiger partial charge in [-0.15, -0.1) is 0 Å². The second-order valence-corrected chi connectivity index (χ2v) is 7.06. The van der Waals surface area contributed by atoms with Gasteiger partial charge in [-0.1, -0.05) is 34.1 Å². The maximum absolute atomic E-state index is 6.41. The lowest BCUT2D eigenvalue weighted by molar-refractivity contribution is 0.0823. The molecule has 0 amide bonds. The van der Waals surface area contributed by atoms with Crippen LogP contribution in [0.1, 0.15) is 25.0 Å². The largest absolute Gasteiger partial charge is 0.463 e. The molecule has 0 aliphatic carbocycles. The van der Waals surface area contributed by atoms with Crippen molar-refractivity contribution in [3.8, 4) is 5.75 Å². The molecule has 2 aliphatic heterocycles. The number of benzene rings is 2. The summed E-state index contributed by atoms with van der Waals surface area (Å²) in [6.45, 7) is 4.44. The highest BCUT2D eigenvalue weighted by Gasteiger charge is 2.53. The summed E-state index contributed by atoms with van der Waals surface area (Å²) in [7, 11) is 0. The molecule has 1 unspecified atom stereocenters. The molecule has 4 rings (SSSR count). The first kappa shape index (κ1) is 13.0. The molecular formula is C18H16BrNO. The molecule has 21 heavy (non-hydrogen) atoms. The fraction of sp³-hybridized carbons (Fsp3) is 0.222. The van der Waals surface area contributed by atoms with Gasteiger partial charge in [0.05, 0.1) is 5.41 Å². The Hall–Kier alpha value is -1.74. The molecule has 0 saturated carbocycles. The van der Waals surface area contributed by atoms with E-state index in [2.05, 4.69) is 77.6 Å². The topological polar surface area (TPSA) is 21.3 Å². The minimum atomic E-state index is -0.530.